The van der Waals surface area contributed by atoms with Gasteiger partial charge in [0, 0.05) is 13.1 Å². The van der Waals surface area contributed by atoms with Crippen LogP contribution in [0.15, 0.2) is 18.3 Å². The van der Waals surface area contributed by atoms with Crippen LogP contribution < -0.4 is 5.73 Å². The fourth-order valence-corrected chi connectivity index (χ4v) is 1.81. The van der Waals surface area contributed by atoms with E-state index in [1.807, 2.05) is 0 Å². The van der Waals surface area contributed by atoms with Gasteiger partial charge < -0.3 is 15.7 Å². The molecule has 1 unspecified atom stereocenters. The van der Waals surface area contributed by atoms with Gasteiger partial charge >= 0.3 is 0 Å². The molecule has 1 atom stereocenters. The predicted octanol–water partition coefficient (Wildman–Crippen LogP) is 0.261. The quantitative estimate of drug-likeness (QED) is 0.713. The summed E-state index contributed by atoms with van der Waals surface area (Å²) < 4.78 is 0. The molecule has 1 fully saturated rings. The maximum Gasteiger partial charge on any atom is 0.272 e. The second-order valence-electron chi connectivity index (χ2n) is 4.45. The molecule has 5 nitrogen and oxygen atoms in total. The number of likely N-dealkylation sites (tertiary alicyclic amines) is 1. The fraction of sp³-hybridized carbons (Fsp3) is 0.455. The van der Waals surface area contributed by atoms with E-state index >= 15 is 0 Å². The van der Waals surface area contributed by atoms with Crippen molar-refractivity contribution in [3.63, 3.8) is 0 Å². The number of aliphatic hydroxyl groups is 1. The van der Waals surface area contributed by atoms with Gasteiger partial charge in [0.15, 0.2) is 0 Å². The van der Waals surface area contributed by atoms with Crippen LogP contribution in [0.1, 0.15) is 23.8 Å². The van der Waals surface area contributed by atoms with E-state index in [-0.39, 0.29) is 5.91 Å². The number of hydrogen-bond acceptors (Lipinski definition) is 4. The van der Waals surface area contributed by atoms with Crippen molar-refractivity contribution < 1.29 is 9.90 Å². The molecule has 0 aromatic carbocycles. The van der Waals surface area contributed by atoms with Gasteiger partial charge in [0.25, 0.3) is 5.91 Å². The van der Waals surface area contributed by atoms with Crippen LogP contribution in [0.3, 0.4) is 0 Å². The molecule has 0 bridgehead atoms. The third kappa shape index (κ3) is 2.14. The van der Waals surface area contributed by atoms with Gasteiger partial charge in [0.05, 0.1) is 17.5 Å². The zero-order valence-electron chi connectivity index (χ0n) is 9.18. The minimum absolute atomic E-state index is 0.155. The van der Waals surface area contributed by atoms with Crippen molar-refractivity contribution in [2.75, 3.05) is 18.8 Å². The summed E-state index contributed by atoms with van der Waals surface area (Å²) >= 11 is 0. The van der Waals surface area contributed by atoms with Gasteiger partial charge in [0.1, 0.15) is 5.69 Å². The Morgan fingerprint density at radius 2 is 2.38 bits per heavy atom. The zero-order chi connectivity index (χ0) is 11.8. The Morgan fingerprint density at radius 3 is 2.88 bits per heavy atom. The van der Waals surface area contributed by atoms with Crippen LogP contribution in [0.25, 0.3) is 0 Å². The number of nitrogen functional groups attached to an aromatic ring is 1. The molecule has 2 rings (SSSR count). The molecule has 16 heavy (non-hydrogen) atoms. The molecule has 1 amide bonds. The fourth-order valence-electron chi connectivity index (χ4n) is 1.81. The maximum atomic E-state index is 12.0. The van der Waals surface area contributed by atoms with Crippen LogP contribution in [0.5, 0.6) is 0 Å². The van der Waals surface area contributed by atoms with E-state index in [4.69, 9.17) is 5.73 Å². The number of pyridine rings is 1. The van der Waals surface area contributed by atoms with Crippen LogP contribution in [0.2, 0.25) is 0 Å². The molecule has 0 aliphatic carbocycles. The van der Waals surface area contributed by atoms with Crippen molar-refractivity contribution in [1.29, 1.82) is 0 Å². The van der Waals surface area contributed by atoms with E-state index in [9.17, 15) is 9.90 Å². The Labute approximate surface area is 93.9 Å². The summed E-state index contributed by atoms with van der Waals surface area (Å²) in [6.07, 6.45) is 2.06. The Kier molecular flexibility index (Phi) is 2.55. The molecule has 1 aliphatic rings. The lowest BCUT2D eigenvalue weighted by atomic mass is 10.1. The lowest BCUT2D eigenvalue weighted by Gasteiger charge is -2.18. The molecule has 1 saturated heterocycles. The third-order valence-corrected chi connectivity index (χ3v) is 2.74. The molecule has 0 spiro atoms. The summed E-state index contributed by atoms with van der Waals surface area (Å²) in [5.41, 5.74) is 5.62. The van der Waals surface area contributed by atoms with Crippen LogP contribution in [0, 0.1) is 0 Å². The minimum Gasteiger partial charge on any atom is -0.397 e. The van der Waals surface area contributed by atoms with Crippen molar-refractivity contribution in [3.05, 3.63) is 24.0 Å². The molecule has 1 aromatic heterocycles. The molecule has 1 aromatic rings. The van der Waals surface area contributed by atoms with Gasteiger partial charge in [-0.1, -0.05) is 0 Å². The average Bonchev–Trinajstić information content (AvgIpc) is 2.59. The average molecular weight is 221 g/mol. The number of carbonyl (C=O) groups is 1. The van der Waals surface area contributed by atoms with Gasteiger partial charge in [-0.3, -0.25) is 4.79 Å². The van der Waals surface area contributed by atoms with Crippen molar-refractivity contribution in [2.45, 2.75) is 18.9 Å². The summed E-state index contributed by atoms with van der Waals surface area (Å²) in [7, 11) is 0. The van der Waals surface area contributed by atoms with Gasteiger partial charge in [-0.15, -0.1) is 0 Å². The summed E-state index contributed by atoms with van der Waals surface area (Å²) in [5, 5.41) is 9.77. The van der Waals surface area contributed by atoms with Crippen molar-refractivity contribution in [1.82, 2.24) is 9.88 Å². The molecule has 0 radical (unpaired) electrons. The molecular weight excluding hydrogens is 206 g/mol. The number of nitrogens with two attached hydrogens (primary N) is 1. The van der Waals surface area contributed by atoms with Gasteiger partial charge in [0.2, 0.25) is 0 Å². The normalized spacial score (nSPS) is 24.8. The van der Waals surface area contributed by atoms with Crippen LogP contribution in [-0.2, 0) is 0 Å². The van der Waals surface area contributed by atoms with E-state index in [0.29, 0.717) is 30.9 Å². The van der Waals surface area contributed by atoms with Crippen LogP contribution in [0.4, 0.5) is 5.69 Å². The summed E-state index contributed by atoms with van der Waals surface area (Å²) in [4.78, 5) is 17.5. The first-order valence-corrected chi connectivity index (χ1v) is 5.21. The van der Waals surface area contributed by atoms with E-state index < -0.39 is 5.60 Å². The number of nitrogens with zero attached hydrogens (tertiary/aromatic N) is 2. The Morgan fingerprint density at radius 1 is 1.62 bits per heavy atom. The Bertz CT molecular complexity index is 400. The Balaban J connectivity index is 2.12. The summed E-state index contributed by atoms with van der Waals surface area (Å²) in [6.45, 7) is 2.66. The summed E-state index contributed by atoms with van der Waals surface area (Å²) in [6, 6.07) is 3.25. The monoisotopic (exact) mass is 221 g/mol. The number of rotatable bonds is 1. The Hall–Kier alpha value is -1.62. The SMILES string of the molecule is CC1(O)CCN(C(=O)c2ccc(N)cn2)C1. The minimum atomic E-state index is -0.774. The second kappa shape index (κ2) is 3.75. The number of amides is 1. The predicted molar refractivity (Wildman–Crippen MR) is 59.8 cm³/mol. The van der Waals surface area contributed by atoms with Crippen molar-refractivity contribution >= 4 is 11.6 Å². The first kappa shape index (κ1) is 10.9. The lowest BCUT2D eigenvalue weighted by Crippen LogP contribution is -2.34. The molecule has 86 valence electrons. The zero-order valence-corrected chi connectivity index (χ0v) is 9.18. The highest BCUT2D eigenvalue weighted by Crippen LogP contribution is 2.21. The first-order chi connectivity index (χ1) is 7.48. The van der Waals surface area contributed by atoms with Crippen molar-refractivity contribution in [2.24, 2.45) is 0 Å². The van der Waals surface area contributed by atoms with Gasteiger partial charge in [-0.25, -0.2) is 4.98 Å². The smallest absolute Gasteiger partial charge is 0.272 e. The molecule has 2 heterocycles. The highest BCUT2D eigenvalue weighted by atomic mass is 16.3. The number of β-amino-alcohol motifs (C(OH)–C–C–N with tert-alkyl or cyclic N) is 1. The van der Waals surface area contributed by atoms with E-state index in [0.717, 1.165) is 0 Å². The highest BCUT2D eigenvalue weighted by Gasteiger charge is 2.34. The molecule has 1 aliphatic heterocycles. The number of anilines is 1. The van der Waals surface area contributed by atoms with E-state index in [2.05, 4.69) is 4.98 Å². The van der Waals surface area contributed by atoms with Crippen LogP contribution in [-0.4, -0.2) is 39.6 Å². The van der Waals surface area contributed by atoms with Crippen LogP contribution >= 0.6 is 0 Å². The van der Waals surface area contributed by atoms with E-state index in [1.165, 1.54) is 6.20 Å². The molecular formula is C11H15N3O2. The molecule has 5 heteroatoms. The maximum absolute atomic E-state index is 12.0. The second-order valence-corrected chi connectivity index (χ2v) is 4.45. The topological polar surface area (TPSA) is 79.5 Å². The van der Waals surface area contributed by atoms with Gasteiger partial charge in [-0.2, -0.15) is 0 Å². The molecule has 3 N–H and O–H groups in total. The molecule has 0 saturated carbocycles. The first-order valence-electron chi connectivity index (χ1n) is 5.21. The summed E-state index contributed by atoms with van der Waals surface area (Å²) in [5.74, 6) is -0.155. The number of aromatic nitrogens is 1. The largest absolute Gasteiger partial charge is 0.397 e. The van der Waals surface area contributed by atoms with Crippen molar-refractivity contribution in [3.8, 4) is 0 Å². The van der Waals surface area contributed by atoms with Gasteiger partial charge in [-0.05, 0) is 25.5 Å². The van der Waals surface area contributed by atoms with E-state index in [1.54, 1.807) is 24.0 Å². The standard InChI is InChI=1S/C11H15N3O2/c1-11(16)4-5-14(7-11)10(15)9-3-2-8(12)6-13-9/h2-3,6,16H,4-5,7,12H2,1H3. The number of hydrogen-bond donors (Lipinski definition) is 2. The highest BCUT2D eigenvalue weighted by molar-refractivity contribution is 5.92. The third-order valence-electron chi connectivity index (χ3n) is 2.74. The lowest BCUT2D eigenvalue weighted by molar-refractivity contribution is 0.0569. The number of carbonyl (C=O) groups excluding carboxylic acids is 1.